The van der Waals surface area contributed by atoms with E-state index < -0.39 is 21.7 Å². The average Bonchev–Trinajstić information content (AvgIpc) is 2.70. The minimum absolute atomic E-state index is 0.0292. The van der Waals surface area contributed by atoms with Crippen LogP contribution in [0, 0.1) is 12.7 Å². The number of sulfonamides is 1. The second kappa shape index (κ2) is 8.23. The summed E-state index contributed by atoms with van der Waals surface area (Å²) in [5, 5.41) is 2.60. The maximum absolute atomic E-state index is 13.2. The zero-order chi connectivity index (χ0) is 21.2. The van der Waals surface area contributed by atoms with Gasteiger partial charge in [-0.3, -0.25) is 9.10 Å². The number of aryl methyl sites for hydroxylation is 1. The van der Waals surface area contributed by atoms with Gasteiger partial charge in [0.1, 0.15) is 5.82 Å². The smallest absolute Gasteiger partial charge is 0.264 e. The molecule has 0 saturated heterocycles. The molecule has 0 aliphatic heterocycles. The summed E-state index contributed by atoms with van der Waals surface area (Å²) >= 11 is 5.93. The molecule has 3 aromatic rings. The van der Waals surface area contributed by atoms with Crippen LogP contribution in [0.3, 0.4) is 0 Å². The van der Waals surface area contributed by atoms with Gasteiger partial charge in [0.2, 0.25) is 0 Å². The van der Waals surface area contributed by atoms with Gasteiger partial charge < -0.3 is 5.32 Å². The molecule has 0 saturated carbocycles. The topological polar surface area (TPSA) is 66.5 Å². The zero-order valence-electron chi connectivity index (χ0n) is 15.7. The first kappa shape index (κ1) is 20.8. The third-order valence-electron chi connectivity index (χ3n) is 4.33. The Kier molecular flexibility index (Phi) is 5.91. The van der Waals surface area contributed by atoms with Crippen LogP contribution in [0.2, 0.25) is 5.02 Å². The highest BCUT2D eigenvalue weighted by Crippen LogP contribution is 2.25. The fourth-order valence-corrected chi connectivity index (χ4v) is 4.09. The Hall–Kier alpha value is -2.90. The van der Waals surface area contributed by atoms with Crippen molar-refractivity contribution in [2.75, 3.05) is 16.7 Å². The highest BCUT2D eigenvalue weighted by molar-refractivity contribution is 7.92. The van der Waals surface area contributed by atoms with Crippen LogP contribution in [-0.4, -0.2) is 21.4 Å². The Labute approximate surface area is 173 Å². The van der Waals surface area contributed by atoms with E-state index in [0.29, 0.717) is 5.69 Å². The molecule has 3 rings (SSSR count). The van der Waals surface area contributed by atoms with Gasteiger partial charge in [-0.2, -0.15) is 0 Å². The minimum atomic E-state index is -3.87. The predicted octanol–water partition coefficient (Wildman–Crippen LogP) is 4.86. The van der Waals surface area contributed by atoms with Crippen LogP contribution in [0.25, 0.3) is 0 Å². The van der Waals surface area contributed by atoms with Gasteiger partial charge in [0.25, 0.3) is 15.9 Å². The van der Waals surface area contributed by atoms with Crippen molar-refractivity contribution in [1.82, 2.24) is 0 Å². The molecule has 3 aromatic carbocycles. The van der Waals surface area contributed by atoms with Crippen LogP contribution in [0.4, 0.5) is 15.8 Å². The fraction of sp³-hybridized carbons (Fsp3) is 0.0952. The molecule has 0 heterocycles. The van der Waals surface area contributed by atoms with Crippen molar-refractivity contribution in [3.05, 3.63) is 88.7 Å². The van der Waals surface area contributed by atoms with Gasteiger partial charge in [0.05, 0.1) is 21.3 Å². The first-order valence-electron chi connectivity index (χ1n) is 8.60. The molecule has 0 aliphatic carbocycles. The molecule has 0 fully saturated rings. The molecular weight excluding hydrogens is 415 g/mol. The molecule has 0 spiro atoms. The van der Waals surface area contributed by atoms with Crippen molar-refractivity contribution in [3.63, 3.8) is 0 Å². The van der Waals surface area contributed by atoms with Gasteiger partial charge in [0.15, 0.2) is 0 Å². The van der Waals surface area contributed by atoms with Crippen molar-refractivity contribution in [2.45, 2.75) is 11.8 Å². The van der Waals surface area contributed by atoms with E-state index in [1.54, 1.807) is 12.1 Å². The van der Waals surface area contributed by atoms with E-state index in [0.717, 1.165) is 15.9 Å². The van der Waals surface area contributed by atoms with Crippen LogP contribution in [0.5, 0.6) is 0 Å². The van der Waals surface area contributed by atoms with E-state index in [1.165, 1.54) is 43.4 Å². The number of rotatable bonds is 5. The highest BCUT2D eigenvalue weighted by atomic mass is 35.5. The number of amides is 1. The van der Waals surface area contributed by atoms with Crippen molar-refractivity contribution in [1.29, 1.82) is 0 Å². The summed E-state index contributed by atoms with van der Waals surface area (Å²) in [5.74, 6) is -1.09. The third kappa shape index (κ3) is 4.58. The second-order valence-electron chi connectivity index (χ2n) is 6.41. The van der Waals surface area contributed by atoms with Crippen molar-refractivity contribution in [2.24, 2.45) is 0 Å². The van der Waals surface area contributed by atoms with Crippen LogP contribution >= 0.6 is 11.6 Å². The molecule has 1 N–H and O–H groups in total. The first-order chi connectivity index (χ1) is 13.7. The molecule has 0 bridgehead atoms. The van der Waals surface area contributed by atoms with Crippen LogP contribution in [-0.2, 0) is 10.0 Å². The van der Waals surface area contributed by atoms with Crippen LogP contribution < -0.4 is 9.62 Å². The van der Waals surface area contributed by atoms with Gasteiger partial charge in [-0.05, 0) is 55.5 Å². The van der Waals surface area contributed by atoms with E-state index in [9.17, 15) is 17.6 Å². The quantitative estimate of drug-likeness (QED) is 0.625. The molecule has 1 amide bonds. The van der Waals surface area contributed by atoms with Gasteiger partial charge in [0, 0.05) is 12.6 Å². The standard InChI is InChI=1S/C21H18ClFN2O3S/c1-14-6-9-17(10-7-14)25(2)29(27,28)18-5-3-4-15(12-18)21(26)24-20-11-8-16(23)13-19(20)22/h3-13H,1-2H3,(H,24,26). The normalized spacial score (nSPS) is 11.2. The van der Waals surface area contributed by atoms with Gasteiger partial charge in [-0.15, -0.1) is 0 Å². The number of carbonyl (C=O) groups excluding carboxylic acids is 1. The number of hydrogen-bond donors (Lipinski definition) is 1. The second-order valence-corrected chi connectivity index (χ2v) is 8.79. The lowest BCUT2D eigenvalue weighted by Crippen LogP contribution is -2.26. The van der Waals surface area contributed by atoms with E-state index in [1.807, 2.05) is 19.1 Å². The molecule has 150 valence electrons. The monoisotopic (exact) mass is 432 g/mol. The van der Waals surface area contributed by atoms with Crippen LogP contribution in [0.1, 0.15) is 15.9 Å². The maximum Gasteiger partial charge on any atom is 0.264 e. The van der Waals surface area contributed by atoms with E-state index >= 15 is 0 Å². The van der Waals surface area contributed by atoms with Crippen molar-refractivity contribution in [3.8, 4) is 0 Å². The average molecular weight is 433 g/mol. The van der Waals surface area contributed by atoms with E-state index in [2.05, 4.69) is 5.32 Å². The highest BCUT2D eigenvalue weighted by Gasteiger charge is 2.22. The molecule has 29 heavy (non-hydrogen) atoms. The number of benzene rings is 3. The van der Waals surface area contributed by atoms with Crippen molar-refractivity contribution >= 4 is 38.9 Å². The number of anilines is 2. The molecule has 0 aliphatic rings. The summed E-state index contributed by atoms with van der Waals surface area (Å²) < 4.78 is 40.3. The summed E-state index contributed by atoms with van der Waals surface area (Å²) in [5.41, 5.74) is 1.87. The minimum Gasteiger partial charge on any atom is -0.321 e. The first-order valence-corrected chi connectivity index (χ1v) is 10.4. The summed E-state index contributed by atoms with van der Waals surface area (Å²) in [7, 11) is -2.42. The number of carbonyl (C=O) groups is 1. The molecule has 0 unspecified atom stereocenters. The lowest BCUT2D eigenvalue weighted by molar-refractivity contribution is 0.102. The predicted molar refractivity (Wildman–Crippen MR) is 113 cm³/mol. The zero-order valence-corrected chi connectivity index (χ0v) is 17.3. The Morgan fingerprint density at radius 1 is 1.03 bits per heavy atom. The van der Waals surface area contributed by atoms with Crippen LogP contribution in [0.15, 0.2) is 71.6 Å². The summed E-state index contributed by atoms with van der Waals surface area (Å²) in [6, 6.07) is 16.3. The Morgan fingerprint density at radius 3 is 2.38 bits per heavy atom. The van der Waals surface area contributed by atoms with Gasteiger partial charge >= 0.3 is 0 Å². The summed E-state index contributed by atoms with van der Waals surface area (Å²) in [4.78, 5) is 12.5. The summed E-state index contributed by atoms with van der Waals surface area (Å²) in [6.07, 6.45) is 0. The van der Waals surface area contributed by atoms with Gasteiger partial charge in [-0.1, -0.05) is 35.4 Å². The Morgan fingerprint density at radius 2 is 1.72 bits per heavy atom. The Bertz CT molecular complexity index is 1160. The lowest BCUT2D eigenvalue weighted by Gasteiger charge is -2.20. The number of hydrogen-bond acceptors (Lipinski definition) is 3. The molecule has 5 nitrogen and oxygen atoms in total. The number of nitrogens with zero attached hydrogens (tertiary/aromatic N) is 1. The SMILES string of the molecule is Cc1ccc(N(C)S(=O)(=O)c2cccc(C(=O)Nc3ccc(F)cc3Cl)c2)cc1. The molecule has 0 radical (unpaired) electrons. The number of halogens is 2. The Balaban J connectivity index is 1.87. The lowest BCUT2D eigenvalue weighted by atomic mass is 10.2. The van der Waals surface area contributed by atoms with E-state index in [4.69, 9.17) is 11.6 Å². The third-order valence-corrected chi connectivity index (χ3v) is 6.43. The summed E-state index contributed by atoms with van der Waals surface area (Å²) in [6.45, 7) is 1.91. The van der Waals surface area contributed by atoms with Crippen molar-refractivity contribution < 1.29 is 17.6 Å². The maximum atomic E-state index is 13.2. The molecular formula is C21H18ClFN2O3S. The fourth-order valence-electron chi connectivity index (χ4n) is 2.63. The largest absolute Gasteiger partial charge is 0.321 e. The molecule has 0 atom stereocenters. The molecule has 8 heteroatoms. The molecule has 0 aromatic heterocycles. The van der Waals surface area contributed by atoms with E-state index in [-0.39, 0.29) is 21.2 Å². The number of nitrogens with one attached hydrogen (secondary N) is 1. The van der Waals surface area contributed by atoms with Gasteiger partial charge in [-0.25, -0.2) is 12.8 Å².